The zero-order valence-corrected chi connectivity index (χ0v) is 17.6. The molecule has 0 amide bonds. The van der Waals surface area contributed by atoms with Gasteiger partial charge in [0.15, 0.2) is 6.61 Å². The first kappa shape index (κ1) is 25.1. The summed E-state index contributed by atoms with van der Waals surface area (Å²) in [7, 11) is -7.12. The average molecular weight is 496 g/mol. The summed E-state index contributed by atoms with van der Waals surface area (Å²) >= 11 is 0. The van der Waals surface area contributed by atoms with E-state index in [-0.39, 0.29) is 11.8 Å². The summed E-state index contributed by atoms with van der Waals surface area (Å²) in [6.07, 6.45) is -9.07. The van der Waals surface area contributed by atoms with Crippen LogP contribution >= 0.6 is 0 Å². The van der Waals surface area contributed by atoms with Gasteiger partial charge < -0.3 is 9.47 Å². The third kappa shape index (κ3) is 3.66. The number of alkyl halides is 6. The second kappa shape index (κ2) is 7.74. The van der Waals surface area contributed by atoms with E-state index in [9.17, 15) is 44.3 Å². The van der Waals surface area contributed by atoms with Crippen molar-refractivity contribution < 1.29 is 58.4 Å². The van der Waals surface area contributed by atoms with Gasteiger partial charge in [0.25, 0.3) is 0 Å². The van der Waals surface area contributed by atoms with Crippen molar-refractivity contribution in [3.05, 3.63) is 0 Å². The molecule has 0 aromatic rings. The van der Waals surface area contributed by atoms with Crippen molar-refractivity contribution in [1.29, 1.82) is 0 Å². The molecule has 14 heteroatoms. The lowest BCUT2D eigenvalue weighted by molar-refractivity contribution is -0.269. The van der Waals surface area contributed by atoms with E-state index in [1.54, 1.807) is 6.92 Å². The van der Waals surface area contributed by atoms with Gasteiger partial charge >= 0.3 is 39.2 Å². The first-order chi connectivity index (χ1) is 14.5. The van der Waals surface area contributed by atoms with Gasteiger partial charge in [-0.25, -0.2) is 9.59 Å². The minimum absolute atomic E-state index is 0.0225. The first-order valence-electron chi connectivity index (χ1n) is 9.99. The van der Waals surface area contributed by atoms with E-state index in [1.807, 2.05) is 0 Å². The molecule has 0 aliphatic heterocycles. The SMILES string of the molecule is CCC1(OC(=O)COC(=O)C(C(F)(F)F)(C(F)(F)F)S(=O)(=O)O)C2CC3CC(C2)CC1C3. The third-order valence-electron chi connectivity index (χ3n) is 7.17. The standard InChI is InChI=1S/C18H22F6O7S/c1-2-15(11-4-9-3-10(6-11)7-12(15)5-9)31-13(25)8-30-14(26)16(17(19,20)21,18(22,23)24)32(27,28)29/h9-12H,2-8H2,1H3,(H,27,28,29). The van der Waals surface area contributed by atoms with Crippen molar-refractivity contribution >= 4 is 22.1 Å². The molecule has 0 unspecified atom stereocenters. The van der Waals surface area contributed by atoms with Crippen LogP contribution < -0.4 is 0 Å². The fraction of sp³-hybridized carbons (Fsp3) is 0.889. The lowest BCUT2D eigenvalue weighted by Gasteiger charge is -2.60. The molecule has 184 valence electrons. The van der Waals surface area contributed by atoms with Gasteiger partial charge in [-0.05, 0) is 62.2 Å². The zero-order chi connectivity index (χ0) is 24.3. The van der Waals surface area contributed by atoms with Crippen LogP contribution in [0.15, 0.2) is 0 Å². The smallest absolute Gasteiger partial charge is 0.430 e. The quantitative estimate of drug-likeness (QED) is 0.341. The number of carbonyl (C=O) groups excluding carboxylic acids is 2. The minimum Gasteiger partial charge on any atom is -0.456 e. The molecule has 4 rings (SSSR count). The predicted octanol–water partition coefficient (Wildman–Crippen LogP) is 3.43. The molecule has 0 aromatic carbocycles. The molecule has 4 bridgehead atoms. The molecule has 0 spiro atoms. The van der Waals surface area contributed by atoms with Crippen molar-refractivity contribution in [3.63, 3.8) is 0 Å². The fourth-order valence-corrected chi connectivity index (χ4v) is 6.91. The van der Waals surface area contributed by atoms with Gasteiger partial charge in [-0.15, -0.1) is 0 Å². The molecular formula is C18H22F6O7S. The maximum absolute atomic E-state index is 13.2. The van der Waals surface area contributed by atoms with Gasteiger partial charge in [-0.1, -0.05) is 6.92 Å². The summed E-state index contributed by atoms with van der Waals surface area (Å²) < 4.78 is 113. The van der Waals surface area contributed by atoms with E-state index >= 15 is 0 Å². The number of rotatable bonds is 6. The molecule has 4 saturated carbocycles. The maximum Gasteiger partial charge on any atom is 0.430 e. The summed E-state index contributed by atoms with van der Waals surface area (Å²) in [6.45, 7) is 0.0779. The lowest BCUT2D eigenvalue weighted by atomic mass is 9.49. The van der Waals surface area contributed by atoms with Gasteiger partial charge in [0.2, 0.25) is 0 Å². The molecule has 1 N–H and O–H groups in total. The molecule has 0 radical (unpaired) electrons. The minimum atomic E-state index is -7.12. The number of hydrogen-bond donors (Lipinski definition) is 1. The average Bonchev–Trinajstić information content (AvgIpc) is 2.59. The van der Waals surface area contributed by atoms with Gasteiger partial charge in [-0.3, -0.25) is 4.55 Å². The van der Waals surface area contributed by atoms with Crippen LogP contribution in [0.4, 0.5) is 26.3 Å². The zero-order valence-electron chi connectivity index (χ0n) is 16.8. The summed E-state index contributed by atoms with van der Waals surface area (Å²) in [5.74, 6) is -3.87. The van der Waals surface area contributed by atoms with Crippen LogP contribution in [0.5, 0.6) is 0 Å². The van der Waals surface area contributed by atoms with Crippen LogP contribution in [0.3, 0.4) is 0 Å². The van der Waals surface area contributed by atoms with Gasteiger partial charge in [0.05, 0.1) is 0 Å². The topological polar surface area (TPSA) is 107 Å². The van der Waals surface area contributed by atoms with Crippen LogP contribution in [-0.4, -0.2) is 54.2 Å². The molecule has 4 aliphatic rings. The van der Waals surface area contributed by atoms with E-state index in [0.29, 0.717) is 18.3 Å². The Morgan fingerprint density at radius 2 is 1.38 bits per heavy atom. The Balaban J connectivity index is 1.78. The highest BCUT2D eigenvalue weighted by Gasteiger charge is 2.85. The van der Waals surface area contributed by atoms with Crippen LogP contribution in [0.2, 0.25) is 0 Å². The van der Waals surface area contributed by atoms with Crippen molar-refractivity contribution in [2.75, 3.05) is 6.61 Å². The second-order valence-corrected chi connectivity index (χ2v) is 10.4. The fourth-order valence-electron chi connectivity index (χ4n) is 6.06. The highest BCUT2D eigenvalue weighted by Crippen LogP contribution is 2.60. The summed E-state index contributed by atoms with van der Waals surface area (Å²) in [5, 5.41) is 0. The predicted molar refractivity (Wildman–Crippen MR) is 93.5 cm³/mol. The number of carbonyl (C=O) groups is 2. The Bertz CT molecular complexity index is 837. The third-order valence-corrected chi connectivity index (χ3v) is 8.57. The van der Waals surface area contributed by atoms with Crippen LogP contribution in [-0.2, 0) is 29.2 Å². The summed E-state index contributed by atoms with van der Waals surface area (Å²) in [4.78, 5) is 24.1. The largest absolute Gasteiger partial charge is 0.456 e. The van der Waals surface area contributed by atoms with Gasteiger partial charge in [0.1, 0.15) is 5.60 Å². The normalized spacial score (nSPS) is 32.6. The highest BCUT2D eigenvalue weighted by molar-refractivity contribution is 7.88. The lowest BCUT2D eigenvalue weighted by Crippen LogP contribution is -2.67. The molecule has 0 heterocycles. The van der Waals surface area contributed by atoms with Crippen molar-refractivity contribution in [2.24, 2.45) is 23.7 Å². The van der Waals surface area contributed by atoms with Crippen molar-refractivity contribution in [2.45, 2.75) is 68.1 Å². The van der Waals surface area contributed by atoms with E-state index in [1.165, 1.54) is 0 Å². The monoisotopic (exact) mass is 496 g/mol. The molecule has 4 aliphatic carbocycles. The number of esters is 2. The van der Waals surface area contributed by atoms with Crippen LogP contribution in [0, 0.1) is 23.7 Å². The Labute approximate surface area is 179 Å². The Morgan fingerprint density at radius 3 is 1.72 bits per heavy atom. The maximum atomic E-state index is 13.2. The molecule has 4 fully saturated rings. The second-order valence-electron chi connectivity index (χ2n) is 8.81. The molecule has 7 nitrogen and oxygen atoms in total. The van der Waals surface area contributed by atoms with E-state index < -0.39 is 51.4 Å². The molecule has 0 atom stereocenters. The van der Waals surface area contributed by atoms with Crippen molar-refractivity contribution in [1.82, 2.24) is 0 Å². The summed E-state index contributed by atoms with van der Waals surface area (Å²) in [5.41, 5.74) is -0.967. The van der Waals surface area contributed by atoms with Gasteiger partial charge in [-0.2, -0.15) is 34.8 Å². The number of ether oxygens (including phenoxy) is 2. The Hall–Kier alpha value is -1.57. The number of halogens is 6. The van der Waals surface area contributed by atoms with Crippen LogP contribution in [0.25, 0.3) is 0 Å². The van der Waals surface area contributed by atoms with Crippen LogP contribution in [0.1, 0.15) is 45.4 Å². The van der Waals surface area contributed by atoms with E-state index in [0.717, 1.165) is 32.1 Å². The van der Waals surface area contributed by atoms with E-state index in [4.69, 9.17) is 9.29 Å². The van der Waals surface area contributed by atoms with Crippen molar-refractivity contribution in [3.8, 4) is 0 Å². The Kier molecular flexibility index (Phi) is 6.06. The summed E-state index contributed by atoms with van der Waals surface area (Å²) in [6, 6.07) is 0. The molecule has 32 heavy (non-hydrogen) atoms. The Morgan fingerprint density at radius 1 is 0.938 bits per heavy atom. The number of hydrogen-bond acceptors (Lipinski definition) is 6. The highest BCUT2D eigenvalue weighted by atomic mass is 32.2. The molecular weight excluding hydrogens is 474 g/mol. The first-order valence-corrected chi connectivity index (χ1v) is 11.4. The molecule has 0 aromatic heterocycles. The van der Waals surface area contributed by atoms with E-state index in [2.05, 4.69) is 4.74 Å². The van der Waals surface area contributed by atoms with Gasteiger partial charge in [0, 0.05) is 0 Å². The molecule has 0 saturated heterocycles.